The van der Waals surface area contributed by atoms with E-state index in [9.17, 15) is 4.79 Å². The number of nitrogens with one attached hydrogen (secondary N) is 1. The zero-order valence-electron chi connectivity index (χ0n) is 13.9. The fraction of sp³-hybridized carbons (Fsp3) is 0.938. The maximum Gasteiger partial charge on any atom is 0.410 e. The number of ether oxygens (including phenoxy) is 2. The van der Waals surface area contributed by atoms with Crippen molar-refractivity contribution >= 4 is 6.09 Å². The summed E-state index contributed by atoms with van der Waals surface area (Å²) in [5, 5.41) is 3.74. The summed E-state index contributed by atoms with van der Waals surface area (Å²) in [5.41, 5.74) is -0.423. The minimum Gasteiger partial charge on any atom is -0.444 e. The highest BCUT2D eigenvalue weighted by Gasteiger charge is 2.32. The van der Waals surface area contributed by atoms with Gasteiger partial charge in [-0.25, -0.2) is 4.79 Å². The molecule has 2 aliphatic rings. The molecule has 2 atom stereocenters. The first-order chi connectivity index (χ1) is 9.85. The van der Waals surface area contributed by atoms with Gasteiger partial charge in [0.1, 0.15) is 5.60 Å². The second kappa shape index (κ2) is 6.97. The molecular formula is C16H30N2O3. The summed E-state index contributed by atoms with van der Waals surface area (Å²) >= 11 is 0. The fourth-order valence-corrected chi connectivity index (χ4v) is 3.11. The molecule has 0 aromatic rings. The van der Waals surface area contributed by atoms with Gasteiger partial charge in [-0.05, 0) is 53.4 Å². The molecule has 122 valence electrons. The number of rotatable bonds is 2. The van der Waals surface area contributed by atoms with Crippen LogP contribution < -0.4 is 5.32 Å². The van der Waals surface area contributed by atoms with Gasteiger partial charge in [-0.2, -0.15) is 0 Å². The molecule has 2 heterocycles. The Morgan fingerprint density at radius 1 is 1.19 bits per heavy atom. The summed E-state index contributed by atoms with van der Waals surface area (Å²) in [4.78, 5) is 14.1. The Morgan fingerprint density at radius 3 is 2.43 bits per heavy atom. The van der Waals surface area contributed by atoms with Gasteiger partial charge in [0.25, 0.3) is 0 Å². The molecule has 1 amide bonds. The highest BCUT2D eigenvalue weighted by atomic mass is 16.6. The van der Waals surface area contributed by atoms with Gasteiger partial charge in [0.05, 0.1) is 0 Å². The van der Waals surface area contributed by atoms with Gasteiger partial charge in [0.15, 0.2) is 0 Å². The van der Waals surface area contributed by atoms with E-state index in [1.54, 1.807) is 0 Å². The van der Waals surface area contributed by atoms with E-state index in [1.165, 1.54) is 0 Å². The van der Waals surface area contributed by atoms with Crippen molar-refractivity contribution in [3.8, 4) is 0 Å². The number of amides is 1. The lowest BCUT2D eigenvalue weighted by Gasteiger charge is -2.40. The van der Waals surface area contributed by atoms with Crippen LogP contribution in [0.25, 0.3) is 0 Å². The first-order valence-electron chi connectivity index (χ1n) is 8.18. The van der Waals surface area contributed by atoms with Gasteiger partial charge >= 0.3 is 6.09 Å². The van der Waals surface area contributed by atoms with Crippen LogP contribution in [0.2, 0.25) is 0 Å². The molecule has 0 spiro atoms. The minimum atomic E-state index is -0.423. The average Bonchev–Trinajstić information content (AvgIpc) is 2.37. The normalized spacial score (nSPS) is 28.5. The monoisotopic (exact) mass is 298 g/mol. The first kappa shape index (κ1) is 16.6. The van der Waals surface area contributed by atoms with Crippen molar-refractivity contribution in [1.82, 2.24) is 10.2 Å². The number of piperidine rings is 1. The molecule has 0 aromatic heterocycles. The van der Waals surface area contributed by atoms with Crippen molar-refractivity contribution in [2.45, 2.75) is 77.1 Å². The topological polar surface area (TPSA) is 50.8 Å². The number of hydrogen-bond donors (Lipinski definition) is 1. The van der Waals surface area contributed by atoms with E-state index in [1.807, 2.05) is 25.7 Å². The molecule has 2 aliphatic heterocycles. The number of likely N-dealkylation sites (tertiary alicyclic amines) is 1. The molecule has 0 aromatic carbocycles. The third-order valence-corrected chi connectivity index (χ3v) is 4.20. The van der Waals surface area contributed by atoms with E-state index in [4.69, 9.17) is 9.47 Å². The van der Waals surface area contributed by atoms with Crippen LogP contribution in [-0.4, -0.2) is 54.5 Å². The smallest absolute Gasteiger partial charge is 0.410 e. The molecule has 5 heteroatoms. The van der Waals surface area contributed by atoms with E-state index in [0.29, 0.717) is 12.1 Å². The second-order valence-electron chi connectivity index (χ2n) is 7.30. The minimum absolute atomic E-state index is 0.181. The summed E-state index contributed by atoms with van der Waals surface area (Å²) in [5.74, 6) is 0. The predicted molar refractivity (Wildman–Crippen MR) is 82.4 cm³/mol. The third kappa shape index (κ3) is 5.15. The Bertz CT molecular complexity index is 348. The third-order valence-electron chi connectivity index (χ3n) is 4.20. The molecule has 5 nitrogen and oxygen atoms in total. The summed E-state index contributed by atoms with van der Waals surface area (Å²) in [7, 11) is 0. The van der Waals surface area contributed by atoms with E-state index in [0.717, 1.165) is 45.4 Å². The number of carbonyl (C=O) groups is 1. The standard InChI is InChI=1S/C16H30N2O3/c1-12-11-14(17-13-6-9-20-10-7-13)5-8-18(12)15(19)21-16(2,3)4/h12-14,17H,5-11H2,1-4H3/t12-,14-/m1/s1. The Labute approximate surface area is 128 Å². The Kier molecular flexibility index (Phi) is 5.49. The molecule has 21 heavy (non-hydrogen) atoms. The lowest BCUT2D eigenvalue weighted by molar-refractivity contribution is 0.00783. The molecule has 0 saturated carbocycles. The first-order valence-corrected chi connectivity index (χ1v) is 8.18. The van der Waals surface area contributed by atoms with Crippen molar-refractivity contribution in [2.24, 2.45) is 0 Å². The molecule has 2 fully saturated rings. The van der Waals surface area contributed by atoms with Crippen molar-refractivity contribution in [1.29, 1.82) is 0 Å². The van der Waals surface area contributed by atoms with Gasteiger partial charge in [-0.3, -0.25) is 0 Å². The van der Waals surface area contributed by atoms with E-state index in [-0.39, 0.29) is 12.1 Å². The highest BCUT2D eigenvalue weighted by Crippen LogP contribution is 2.22. The number of hydrogen-bond acceptors (Lipinski definition) is 4. The van der Waals surface area contributed by atoms with Gasteiger partial charge in [0.2, 0.25) is 0 Å². The lowest BCUT2D eigenvalue weighted by Crippen LogP contribution is -2.53. The summed E-state index contributed by atoms with van der Waals surface area (Å²) in [6.07, 6.45) is 4.01. The molecule has 1 N–H and O–H groups in total. The number of nitrogens with zero attached hydrogens (tertiary/aromatic N) is 1. The van der Waals surface area contributed by atoms with Crippen LogP contribution in [0.15, 0.2) is 0 Å². The van der Waals surface area contributed by atoms with Crippen LogP contribution >= 0.6 is 0 Å². The van der Waals surface area contributed by atoms with Crippen LogP contribution in [0.1, 0.15) is 53.4 Å². The SMILES string of the molecule is C[C@@H]1C[C@H](NC2CCOCC2)CCN1C(=O)OC(C)(C)C. The Morgan fingerprint density at radius 2 is 1.86 bits per heavy atom. The van der Waals surface area contributed by atoms with Gasteiger partial charge < -0.3 is 19.7 Å². The molecular weight excluding hydrogens is 268 g/mol. The largest absolute Gasteiger partial charge is 0.444 e. The summed E-state index contributed by atoms with van der Waals surface area (Å²) < 4.78 is 10.9. The zero-order chi connectivity index (χ0) is 15.5. The average molecular weight is 298 g/mol. The van der Waals surface area contributed by atoms with Gasteiger partial charge in [0, 0.05) is 37.9 Å². The van der Waals surface area contributed by atoms with Crippen LogP contribution in [0.4, 0.5) is 4.79 Å². The molecule has 0 unspecified atom stereocenters. The van der Waals surface area contributed by atoms with Crippen molar-refractivity contribution in [3.05, 3.63) is 0 Å². The maximum absolute atomic E-state index is 12.2. The second-order valence-corrected chi connectivity index (χ2v) is 7.30. The van der Waals surface area contributed by atoms with Crippen LogP contribution in [0.3, 0.4) is 0 Å². The van der Waals surface area contributed by atoms with E-state index >= 15 is 0 Å². The lowest BCUT2D eigenvalue weighted by atomic mass is 9.96. The van der Waals surface area contributed by atoms with E-state index < -0.39 is 5.60 Å². The number of carbonyl (C=O) groups excluding carboxylic acids is 1. The summed E-state index contributed by atoms with van der Waals surface area (Å²) in [6, 6.07) is 1.30. The molecule has 0 aliphatic carbocycles. The molecule has 0 bridgehead atoms. The fourth-order valence-electron chi connectivity index (χ4n) is 3.11. The van der Waals surface area contributed by atoms with Crippen molar-refractivity contribution in [2.75, 3.05) is 19.8 Å². The molecule has 2 rings (SSSR count). The Hall–Kier alpha value is -0.810. The van der Waals surface area contributed by atoms with E-state index in [2.05, 4.69) is 12.2 Å². The zero-order valence-corrected chi connectivity index (χ0v) is 13.9. The van der Waals surface area contributed by atoms with Gasteiger partial charge in [-0.1, -0.05) is 0 Å². The van der Waals surface area contributed by atoms with Gasteiger partial charge in [-0.15, -0.1) is 0 Å². The highest BCUT2D eigenvalue weighted by molar-refractivity contribution is 5.68. The van der Waals surface area contributed by atoms with Crippen LogP contribution in [-0.2, 0) is 9.47 Å². The van der Waals surface area contributed by atoms with Crippen molar-refractivity contribution in [3.63, 3.8) is 0 Å². The Balaban J connectivity index is 1.79. The predicted octanol–water partition coefficient (Wildman–Crippen LogP) is 2.54. The van der Waals surface area contributed by atoms with Crippen molar-refractivity contribution < 1.29 is 14.3 Å². The molecule has 0 radical (unpaired) electrons. The van der Waals surface area contributed by atoms with Crippen LogP contribution in [0.5, 0.6) is 0 Å². The quantitative estimate of drug-likeness (QED) is 0.851. The maximum atomic E-state index is 12.2. The molecule has 2 saturated heterocycles. The summed E-state index contributed by atoms with van der Waals surface area (Å²) in [6.45, 7) is 10.4. The van der Waals surface area contributed by atoms with Crippen LogP contribution in [0, 0.1) is 0 Å².